The van der Waals surface area contributed by atoms with Crippen molar-refractivity contribution in [3.8, 4) is 0 Å². The molecule has 88 valence electrons. The van der Waals surface area contributed by atoms with Gasteiger partial charge >= 0.3 is 0 Å². The van der Waals surface area contributed by atoms with Crippen molar-refractivity contribution in [2.75, 3.05) is 19.8 Å². The lowest BCUT2D eigenvalue weighted by molar-refractivity contribution is 0.0933. The quantitative estimate of drug-likeness (QED) is 0.610. The molecular formula is C11H26ClNO. The Morgan fingerprint density at radius 1 is 1.21 bits per heavy atom. The minimum atomic E-state index is 0. The van der Waals surface area contributed by atoms with Crippen molar-refractivity contribution >= 4 is 12.4 Å². The summed E-state index contributed by atoms with van der Waals surface area (Å²) in [4.78, 5) is 0. The van der Waals surface area contributed by atoms with Gasteiger partial charge in [-0.2, -0.15) is 0 Å². The molecule has 0 amide bonds. The Labute approximate surface area is 95.0 Å². The lowest BCUT2D eigenvalue weighted by Gasteiger charge is -2.14. The van der Waals surface area contributed by atoms with Gasteiger partial charge in [0.25, 0.3) is 0 Å². The van der Waals surface area contributed by atoms with Crippen LogP contribution in [0.4, 0.5) is 0 Å². The van der Waals surface area contributed by atoms with E-state index in [1.807, 2.05) is 0 Å². The van der Waals surface area contributed by atoms with E-state index in [1.165, 1.54) is 25.7 Å². The van der Waals surface area contributed by atoms with Crippen LogP contribution in [0.25, 0.3) is 0 Å². The topological polar surface area (TPSA) is 35.2 Å². The summed E-state index contributed by atoms with van der Waals surface area (Å²) in [5.41, 5.74) is 5.38. The van der Waals surface area contributed by atoms with Crippen molar-refractivity contribution in [2.45, 2.75) is 46.0 Å². The van der Waals surface area contributed by atoms with Crippen LogP contribution < -0.4 is 5.73 Å². The van der Waals surface area contributed by atoms with Gasteiger partial charge in [-0.15, -0.1) is 12.4 Å². The van der Waals surface area contributed by atoms with Crippen LogP contribution >= 0.6 is 12.4 Å². The van der Waals surface area contributed by atoms with E-state index in [4.69, 9.17) is 10.5 Å². The van der Waals surface area contributed by atoms with Crippen LogP contribution in [0, 0.1) is 5.92 Å². The van der Waals surface area contributed by atoms with Gasteiger partial charge < -0.3 is 10.5 Å². The molecule has 0 spiro atoms. The first kappa shape index (κ1) is 16.6. The molecule has 0 rings (SSSR count). The Morgan fingerprint density at radius 2 is 1.93 bits per heavy atom. The van der Waals surface area contributed by atoms with Crippen molar-refractivity contribution in [1.82, 2.24) is 0 Å². The number of halogens is 1. The standard InChI is InChI=1S/C11H25NO.ClH/c1-3-5-7-11(4-2)10-13-9-6-8-12;/h11H,3-10,12H2,1-2H3;1H. The normalized spacial score (nSPS) is 12.2. The highest BCUT2D eigenvalue weighted by Gasteiger charge is 2.04. The van der Waals surface area contributed by atoms with Crippen LogP contribution in [0.1, 0.15) is 46.0 Å². The van der Waals surface area contributed by atoms with Crippen molar-refractivity contribution < 1.29 is 4.74 Å². The van der Waals surface area contributed by atoms with Gasteiger partial charge in [0.1, 0.15) is 0 Å². The van der Waals surface area contributed by atoms with E-state index in [9.17, 15) is 0 Å². The lowest BCUT2D eigenvalue weighted by atomic mass is 10.0. The van der Waals surface area contributed by atoms with Gasteiger partial charge in [-0.1, -0.05) is 33.1 Å². The molecule has 1 unspecified atom stereocenters. The predicted octanol–water partition coefficient (Wildman–Crippen LogP) is 2.99. The van der Waals surface area contributed by atoms with E-state index in [-0.39, 0.29) is 12.4 Å². The molecule has 2 nitrogen and oxygen atoms in total. The van der Waals surface area contributed by atoms with Crippen LogP contribution in [0.5, 0.6) is 0 Å². The molecule has 14 heavy (non-hydrogen) atoms. The van der Waals surface area contributed by atoms with Gasteiger partial charge in [-0.3, -0.25) is 0 Å². The van der Waals surface area contributed by atoms with Crippen molar-refractivity contribution in [1.29, 1.82) is 0 Å². The number of nitrogens with two attached hydrogens (primary N) is 1. The highest BCUT2D eigenvalue weighted by molar-refractivity contribution is 5.85. The van der Waals surface area contributed by atoms with Crippen LogP contribution in [0.3, 0.4) is 0 Å². The molecule has 0 saturated heterocycles. The maximum absolute atomic E-state index is 5.54. The van der Waals surface area contributed by atoms with Gasteiger partial charge in [0.05, 0.1) is 0 Å². The molecular weight excluding hydrogens is 198 g/mol. The van der Waals surface area contributed by atoms with Crippen molar-refractivity contribution in [3.63, 3.8) is 0 Å². The monoisotopic (exact) mass is 223 g/mol. The Kier molecular flexibility index (Phi) is 15.7. The Bertz CT molecular complexity index is 101. The minimum absolute atomic E-state index is 0. The summed E-state index contributed by atoms with van der Waals surface area (Å²) in [6.07, 6.45) is 6.17. The molecule has 3 heteroatoms. The zero-order valence-electron chi connectivity index (χ0n) is 9.63. The molecule has 0 radical (unpaired) electrons. The zero-order valence-corrected chi connectivity index (χ0v) is 10.4. The number of hydrogen-bond donors (Lipinski definition) is 1. The average Bonchev–Trinajstić information content (AvgIpc) is 2.17. The molecule has 0 aliphatic heterocycles. The minimum Gasteiger partial charge on any atom is -0.381 e. The summed E-state index contributed by atoms with van der Waals surface area (Å²) >= 11 is 0. The molecule has 2 N–H and O–H groups in total. The fourth-order valence-corrected chi connectivity index (χ4v) is 1.33. The first-order valence-corrected chi connectivity index (χ1v) is 5.62. The van der Waals surface area contributed by atoms with Crippen molar-refractivity contribution in [3.05, 3.63) is 0 Å². The van der Waals surface area contributed by atoms with Gasteiger partial charge in [-0.05, 0) is 25.3 Å². The number of ether oxygens (including phenoxy) is 1. The van der Waals surface area contributed by atoms with Crippen LogP contribution in [-0.2, 0) is 4.74 Å². The number of rotatable bonds is 9. The summed E-state index contributed by atoms with van der Waals surface area (Å²) in [5, 5.41) is 0. The third kappa shape index (κ3) is 10.3. The van der Waals surface area contributed by atoms with E-state index in [2.05, 4.69) is 13.8 Å². The summed E-state index contributed by atoms with van der Waals surface area (Å²) < 4.78 is 5.54. The first-order chi connectivity index (χ1) is 6.35. The van der Waals surface area contributed by atoms with Crippen LogP contribution in [-0.4, -0.2) is 19.8 Å². The largest absolute Gasteiger partial charge is 0.381 e. The molecule has 0 aromatic rings. The first-order valence-electron chi connectivity index (χ1n) is 5.62. The van der Waals surface area contributed by atoms with E-state index in [1.54, 1.807) is 0 Å². The molecule has 0 aliphatic carbocycles. The van der Waals surface area contributed by atoms with Crippen molar-refractivity contribution in [2.24, 2.45) is 11.7 Å². The lowest BCUT2D eigenvalue weighted by Crippen LogP contribution is -2.11. The van der Waals surface area contributed by atoms with E-state index < -0.39 is 0 Å². The fraction of sp³-hybridized carbons (Fsp3) is 1.00. The molecule has 0 aliphatic rings. The zero-order chi connectivity index (χ0) is 9.94. The predicted molar refractivity (Wildman–Crippen MR) is 65.0 cm³/mol. The maximum Gasteiger partial charge on any atom is 0.0494 e. The van der Waals surface area contributed by atoms with Crippen LogP contribution in [0.15, 0.2) is 0 Å². The summed E-state index contributed by atoms with van der Waals surface area (Å²) in [7, 11) is 0. The molecule has 0 bridgehead atoms. The molecule has 0 fully saturated rings. The third-order valence-corrected chi connectivity index (χ3v) is 2.39. The molecule has 0 saturated carbocycles. The van der Waals surface area contributed by atoms with Gasteiger partial charge in [0, 0.05) is 13.2 Å². The highest BCUT2D eigenvalue weighted by atomic mass is 35.5. The van der Waals surface area contributed by atoms with E-state index in [0.717, 1.165) is 32.1 Å². The second kappa shape index (κ2) is 13.2. The van der Waals surface area contributed by atoms with E-state index >= 15 is 0 Å². The van der Waals surface area contributed by atoms with E-state index in [0.29, 0.717) is 0 Å². The Hall–Kier alpha value is 0.210. The number of unbranched alkanes of at least 4 members (excludes halogenated alkanes) is 1. The Balaban J connectivity index is 0. The second-order valence-corrected chi connectivity index (χ2v) is 3.63. The molecule has 0 aromatic carbocycles. The summed E-state index contributed by atoms with van der Waals surface area (Å²) in [5.74, 6) is 0.762. The third-order valence-electron chi connectivity index (χ3n) is 2.39. The summed E-state index contributed by atoms with van der Waals surface area (Å²) in [6, 6.07) is 0. The number of hydrogen-bond acceptors (Lipinski definition) is 2. The molecule has 1 atom stereocenters. The maximum atomic E-state index is 5.54. The average molecular weight is 224 g/mol. The van der Waals surface area contributed by atoms with Gasteiger partial charge in [0.15, 0.2) is 0 Å². The van der Waals surface area contributed by atoms with Gasteiger partial charge in [0.2, 0.25) is 0 Å². The molecule has 0 heterocycles. The molecule has 0 aromatic heterocycles. The van der Waals surface area contributed by atoms with Gasteiger partial charge in [-0.25, -0.2) is 0 Å². The van der Waals surface area contributed by atoms with Crippen LogP contribution in [0.2, 0.25) is 0 Å². The highest BCUT2D eigenvalue weighted by Crippen LogP contribution is 2.12. The summed E-state index contributed by atoms with van der Waals surface area (Å²) in [6.45, 7) is 6.98. The Morgan fingerprint density at radius 3 is 2.43 bits per heavy atom. The second-order valence-electron chi connectivity index (χ2n) is 3.63. The SMILES string of the molecule is CCCCC(CC)COCCCN.Cl. The smallest absolute Gasteiger partial charge is 0.0494 e. The fourth-order valence-electron chi connectivity index (χ4n) is 1.33.